The smallest absolute Gasteiger partial charge is 0.249 e. The van der Waals surface area contributed by atoms with Crippen molar-refractivity contribution in [2.45, 2.75) is 6.43 Å². The van der Waals surface area contributed by atoms with E-state index in [0.29, 0.717) is 3.70 Å². The van der Waals surface area contributed by atoms with Gasteiger partial charge in [0.2, 0.25) is 0 Å². The van der Waals surface area contributed by atoms with Crippen molar-refractivity contribution < 1.29 is 8.78 Å². The van der Waals surface area contributed by atoms with Crippen molar-refractivity contribution in [1.82, 2.24) is 4.98 Å². The summed E-state index contributed by atoms with van der Waals surface area (Å²) in [5, 5.41) is 0.0143. The standard InChI is InChI=1S/C6H3ClF2IN/c7-4-2-11-5(10)1-3(4)6(8)9/h1-2,6H. The van der Waals surface area contributed by atoms with Crippen molar-refractivity contribution in [3.05, 3.63) is 26.5 Å². The Bertz CT molecular complexity index is 267. The summed E-state index contributed by atoms with van der Waals surface area (Å²) in [6.07, 6.45) is -1.30. The minimum Gasteiger partial charge on any atom is -0.249 e. The molecule has 0 amide bonds. The van der Waals surface area contributed by atoms with Crippen LogP contribution < -0.4 is 0 Å². The Morgan fingerprint density at radius 3 is 2.64 bits per heavy atom. The Kier molecular flexibility index (Phi) is 3.00. The molecule has 60 valence electrons. The number of rotatable bonds is 1. The second-order valence-corrected chi connectivity index (χ2v) is 3.34. The van der Waals surface area contributed by atoms with E-state index in [1.54, 1.807) is 0 Å². The fourth-order valence-electron chi connectivity index (χ4n) is 0.595. The van der Waals surface area contributed by atoms with E-state index in [1.807, 2.05) is 22.6 Å². The maximum Gasteiger partial charge on any atom is 0.265 e. The van der Waals surface area contributed by atoms with Crippen molar-refractivity contribution in [1.29, 1.82) is 0 Å². The summed E-state index contributed by atoms with van der Waals surface area (Å²) in [6, 6.07) is 1.27. The van der Waals surface area contributed by atoms with Gasteiger partial charge in [0, 0.05) is 11.8 Å². The molecule has 11 heavy (non-hydrogen) atoms. The van der Waals surface area contributed by atoms with Gasteiger partial charge >= 0.3 is 0 Å². The van der Waals surface area contributed by atoms with Crippen LogP contribution in [-0.4, -0.2) is 4.98 Å². The largest absolute Gasteiger partial charge is 0.265 e. The summed E-state index contributed by atoms with van der Waals surface area (Å²) in [5.74, 6) is 0. The first-order chi connectivity index (χ1) is 5.11. The topological polar surface area (TPSA) is 12.9 Å². The molecular formula is C6H3ClF2IN. The Morgan fingerprint density at radius 2 is 2.18 bits per heavy atom. The summed E-state index contributed by atoms with van der Waals surface area (Å²) in [4.78, 5) is 3.74. The van der Waals surface area contributed by atoms with Gasteiger partial charge in [0.1, 0.15) is 3.70 Å². The van der Waals surface area contributed by atoms with E-state index in [4.69, 9.17) is 11.6 Å². The van der Waals surface area contributed by atoms with E-state index < -0.39 is 6.43 Å². The summed E-state index contributed by atoms with van der Waals surface area (Å²) in [6.45, 7) is 0. The normalized spacial score (nSPS) is 10.6. The van der Waals surface area contributed by atoms with E-state index in [0.717, 1.165) is 0 Å². The van der Waals surface area contributed by atoms with Gasteiger partial charge in [-0.3, -0.25) is 0 Å². The number of nitrogens with zero attached hydrogens (tertiary/aromatic N) is 1. The first-order valence-corrected chi connectivity index (χ1v) is 4.16. The highest BCUT2D eigenvalue weighted by atomic mass is 127. The van der Waals surface area contributed by atoms with Crippen LogP contribution in [0.3, 0.4) is 0 Å². The van der Waals surface area contributed by atoms with Gasteiger partial charge < -0.3 is 0 Å². The molecule has 0 unspecified atom stereocenters. The molecule has 0 saturated carbocycles. The lowest BCUT2D eigenvalue weighted by atomic mass is 10.3. The molecule has 1 nitrogen and oxygen atoms in total. The summed E-state index contributed by atoms with van der Waals surface area (Å²) < 4.78 is 24.7. The van der Waals surface area contributed by atoms with Crippen LogP contribution in [0.25, 0.3) is 0 Å². The van der Waals surface area contributed by atoms with Crippen molar-refractivity contribution in [2.75, 3.05) is 0 Å². The molecule has 0 aliphatic carbocycles. The van der Waals surface area contributed by atoms with Crippen molar-refractivity contribution in [3.8, 4) is 0 Å². The van der Waals surface area contributed by atoms with Crippen LogP contribution >= 0.6 is 34.2 Å². The zero-order valence-electron chi connectivity index (χ0n) is 5.19. The lowest BCUT2D eigenvalue weighted by molar-refractivity contribution is 0.151. The number of aromatic nitrogens is 1. The zero-order chi connectivity index (χ0) is 8.43. The Hall–Kier alpha value is 0.0300. The predicted octanol–water partition coefficient (Wildman–Crippen LogP) is 3.28. The van der Waals surface area contributed by atoms with Crippen LogP contribution in [0.1, 0.15) is 12.0 Å². The van der Waals surface area contributed by atoms with Gasteiger partial charge in [0.05, 0.1) is 5.02 Å². The lowest BCUT2D eigenvalue weighted by Gasteiger charge is -2.01. The highest BCUT2D eigenvalue weighted by molar-refractivity contribution is 14.1. The molecule has 0 aliphatic heterocycles. The second kappa shape index (κ2) is 3.62. The zero-order valence-corrected chi connectivity index (χ0v) is 8.10. The highest BCUT2D eigenvalue weighted by Crippen LogP contribution is 2.26. The third-order valence-corrected chi connectivity index (χ3v) is 1.99. The summed E-state index contributed by atoms with van der Waals surface area (Å²) in [5.41, 5.74) is -0.161. The van der Waals surface area contributed by atoms with E-state index >= 15 is 0 Å². The number of hydrogen-bond donors (Lipinski definition) is 0. The maximum atomic E-state index is 12.1. The van der Waals surface area contributed by atoms with Gasteiger partial charge in [-0.25, -0.2) is 13.8 Å². The number of hydrogen-bond acceptors (Lipinski definition) is 1. The van der Waals surface area contributed by atoms with E-state index in [2.05, 4.69) is 4.98 Å². The minimum absolute atomic E-state index is 0.0143. The van der Waals surface area contributed by atoms with Gasteiger partial charge in [-0.15, -0.1) is 0 Å². The average Bonchev–Trinajstić information content (AvgIpc) is 1.94. The molecule has 0 spiro atoms. The van der Waals surface area contributed by atoms with Crippen molar-refractivity contribution in [3.63, 3.8) is 0 Å². The molecule has 0 aromatic carbocycles. The van der Waals surface area contributed by atoms with E-state index in [9.17, 15) is 8.78 Å². The highest BCUT2D eigenvalue weighted by Gasteiger charge is 2.11. The maximum absolute atomic E-state index is 12.1. The minimum atomic E-state index is -2.53. The quantitative estimate of drug-likeness (QED) is 0.571. The molecule has 0 bridgehead atoms. The molecule has 0 atom stereocenters. The molecule has 1 aromatic heterocycles. The number of pyridine rings is 1. The van der Waals surface area contributed by atoms with Gasteiger partial charge in [-0.1, -0.05) is 11.6 Å². The van der Waals surface area contributed by atoms with Crippen molar-refractivity contribution in [2.24, 2.45) is 0 Å². The SMILES string of the molecule is FC(F)c1cc(I)ncc1Cl. The van der Waals surface area contributed by atoms with E-state index in [1.165, 1.54) is 12.3 Å². The van der Waals surface area contributed by atoms with Crippen LogP contribution in [0.2, 0.25) is 5.02 Å². The Labute approximate surface area is 80.9 Å². The van der Waals surface area contributed by atoms with E-state index in [-0.39, 0.29) is 10.6 Å². The van der Waals surface area contributed by atoms with Crippen molar-refractivity contribution >= 4 is 34.2 Å². The van der Waals surface area contributed by atoms with Crippen LogP contribution in [0.15, 0.2) is 12.3 Å². The fourth-order valence-corrected chi connectivity index (χ4v) is 1.26. The van der Waals surface area contributed by atoms with Crippen LogP contribution in [0, 0.1) is 3.70 Å². The van der Waals surface area contributed by atoms with Crippen LogP contribution in [0.5, 0.6) is 0 Å². The fraction of sp³-hybridized carbons (Fsp3) is 0.167. The van der Waals surface area contributed by atoms with Gasteiger partial charge in [-0.2, -0.15) is 0 Å². The molecule has 0 aliphatic rings. The summed E-state index contributed by atoms with van der Waals surface area (Å²) in [7, 11) is 0. The van der Waals surface area contributed by atoms with Gasteiger partial charge in [0.15, 0.2) is 0 Å². The molecule has 0 radical (unpaired) electrons. The molecule has 1 aromatic rings. The Balaban J connectivity index is 3.13. The number of alkyl halides is 2. The summed E-state index contributed by atoms with van der Waals surface area (Å²) >= 11 is 7.30. The Morgan fingerprint density at radius 1 is 1.55 bits per heavy atom. The molecule has 0 fully saturated rings. The molecule has 1 rings (SSSR count). The lowest BCUT2D eigenvalue weighted by Crippen LogP contribution is -1.89. The molecule has 1 heterocycles. The van der Waals surface area contributed by atoms with Crippen LogP contribution in [0.4, 0.5) is 8.78 Å². The third kappa shape index (κ3) is 2.23. The average molecular weight is 289 g/mol. The molecule has 0 saturated heterocycles. The van der Waals surface area contributed by atoms with Crippen LogP contribution in [-0.2, 0) is 0 Å². The molecular weight excluding hydrogens is 286 g/mol. The monoisotopic (exact) mass is 289 g/mol. The second-order valence-electron chi connectivity index (χ2n) is 1.83. The molecule has 5 heteroatoms. The predicted molar refractivity (Wildman–Crippen MR) is 46.9 cm³/mol. The molecule has 0 N–H and O–H groups in total. The first-order valence-electron chi connectivity index (χ1n) is 2.70. The third-order valence-electron chi connectivity index (χ3n) is 1.09. The van der Waals surface area contributed by atoms with Gasteiger partial charge in [-0.05, 0) is 28.7 Å². The van der Waals surface area contributed by atoms with Gasteiger partial charge in [0.25, 0.3) is 6.43 Å². The first kappa shape index (κ1) is 9.12. The number of halogens is 4.